The molecule has 0 radical (unpaired) electrons. The van der Waals surface area contributed by atoms with Crippen LogP contribution in [0.4, 0.5) is 5.69 Å². The Hall–Kier alpha value is -2.65. The van der Waals surface area contributed by atoms with Crippen LogP contribution in [0.3, 0.4) is 0 Å². The van der Waals surface area contributed by atoms with Gasteiger partial charge in [-0.05, 0) is 47.1 Å². The van der Waals surface area contributed by atoms with Crippen LogP contribution < -0.4 is 5.32 Å². The molecule has 7 nitrogen and oxygen atoms in total. The number of thioether (sulfide) groups is 1. The molecule has 9 heteroatoms. The van der Waals surface area contributed by atoms with E-state index < -0.39 is 0 Å². The fourth-order valence-corrected chi connectivity index (χ4v) is 3.50. The summed E-state index contributed by atoms with van der Waals surface area (Å²) in [5.74, 6) is 1.00. The number of halogens is 1. The highest BCUT2D eigenvalue weighted by atomic mass is 79.9. The van der Waals surface area contributed by atoms with Crippen LogP contribution in [0.1, 0.15) is 17.3 Å². The minimum atomic E-state index is -0.207. The lowest BCUT2D eigenvalue weighted by molar-refractivity contribution is -0.113. The molecular weight excluding hydrogens is 444 g/mol. The number of hydrogen-bond acceptors (Lipinski definition) is 6. The first-order valence-electron chi connectivity index (χ1n) is 8.31. The number of carbonyl (C=O) groups is 2. The molecule has 0 saturated heterocycles. The first kappa shape index (κ1) is 20.1. The first-order valence-corrected chi connectivity index (χ1v) is 10.1. The third-order valence-corrected chi connectivity index (χ3v) is 5.10. The smallest absolute Gasteiger partial charge is 0.234 e. The second kappa shape index (κ2) is 9.03. The van der Waals surface area contributed by atoms with Crippen LogP contribution in [0.5, 0.6) is 0 Å². The van der Waals surface area contributed by atoms with Gasteiger partial charge in [0.1, 0.15) is 0 Å². The third-order valence-electron chi connectivity index (χ3n) is 3.71. The number of anilines is 1. The number of Topliss-reactive ketones (excluding diaryl/α,β-unsaturated/α-hetero) is 1. The SMILES string of the molecule is C=CCn1c(SCC(=O)Nc2cccc(C(C)=O)c2)nnc1-c1ccc(Br)o1. The molecule has 0 fully saturated rings. The number of allylic oxidation sites excluding steroid dienone is 1. The zero-order valence-electron chi connectivity index (χ0n) is 15.0. The standard InChI is InChI=1S/C19H17BrN4O3S/c1-3-9-24-18(15-7-8-16(20)27-15)22-23-19(24)28-11-17(26)21-14-6-4-5-13(10-14)12(2)25/h3-8,10H,1,9,11H2,2H3,(H,21,26). The predicted octanol–water partition coefficient (Wildman–Crippen LogP) is 4.42. The first-order chi connectivity index (χ1) is 13.5. The number of aromatic nitrogens is 3. The fourth-order valence-electron chi connectivity index (χ4n) is 2.45. The van der Waals surface area contributed by atoms with Gasteiger partial charge in [-0.15, -0.1) is 16.8 Å². The second-order valence-electron chi connectivity index (χ2n) is 5.78. The lowest BCUT2D eigenvalue weighted by atomic mass is 10.1. The number of ketones is 1. The number of carbonyl (C=O) groups excluding carboxylic acids is 2. The molecule has 3 rings (SSSR count). The van der Waals surface area contributed by atoms with Crippen molar-refractivity contribution < 1.29 is 14.0 Å². The number of nitrogens with one attached hydrogen (secondary N) is 1. The van der Waals surface area contributed by atoms with Gasteiger partial charge in [-0.2, -0.15) is 0 Å². The van der Waals surface area contributed by atoms with Crippen LogP contribution in [-0.2, 0) is 11.3 Å². The van der Waals surface area contributed by atoms with E-state index in [4.69, 9.17) is 4.42 Å². The molecule has 1 amide bonds. The number of hydrogen-bond donors (Lipinski definition) is 1. The molecule has 0 spiro atoms. The third kappa shape index (κ3) is 4.79. The van der Waals surface area contributed by atoms with Gasteiger partial charge in [-0.1, -0.05) is 30.0 Å². The van der Waals surface area contributed by atoms with E-state index in [1.165, 1.54) is 18.7 Å². The Morgan fingerprint density at radius 2 is 2.14 bits per heavy atom. The van der Waals surface area contributed by atoms with Crippen molar-refractivity contribution in [3.63, 3.8) is 0 Å². The van der Waals surface area contributed by atoms with Crippen LogP contribution in [0.15, 0.2) is 63.3 Å². The number of benzene rings is 1. The van der Waals surface area contributed by atoms with E-state index in [1.807, 2.05) is 4.57 Å². The highest BCUT2D eigenvalue weighted by Crippen LogP contribution is 2.27. The van der Waals surface area contributed by atoms with E-state index in [0.29, 0.717) is 39.2 Å². The van der Waals surface area contributed by atoms with Gasteiger partial charge in [0.15, 0.2) is 21.4 Å². The van der Waals surface area contributed by atoms with E-state index >= 15 is 0 Å². The number of rotatable bonds is 8. The number of nitrogens with zero attached hydrogens (tertiary/aromatic N) is 3. The zero-order valence-corrected chi connectivity index (χ0v) is 17.4. The lowest BCUT2D eigenvalue weighted by Gasteiger charge is -2.08. The van der Waals surface area contributed by atoms with E-state index in [0.717, 1.165) is 0 Å². The molecule has 3 aromatic rings. The van der Waals surface area contributed by atoms with Gasteiger partial charge >= 0.3 is 0 Å². The van der Waals surface area contributed by atoms with Crippen molar-refractivity contribution in [3.8, 4) is 11.6 Å². The van der Waals surface area contributed by atoms with Crippen LogP contribution in [0.25, 0.3) is 11.6 Å². The maximum absolute atomic E-state index is 12.3. The Morgan fingerprint density at radius 3 is 2.82 bits per heavy atom. The lowest BCUT2D eigenvalue weighted by Crippen LogP contribution is -2.15. The molecule has 0 aliphatic rings. The Labute approximate surface area is 174 Å². The molecule has 144 valence electrons. The second-order valence-corrected chi connectivity index (χ2v) is 7.51. The van der Waals surface area contributed by atoms with Gasteiger partial charge in [-0.25, -0.2) is 0 Å². The van der Waals surface area contributed by atoms with Gasteiger partial charge in [0.2, 0.25) is 11.7 Å². The Balaban J connectivity index is 1.69. The molecule has 0 saturated carbocycles. The summed E-state index contributed by atoms with van der Waals surface area (Å²) in [5.41, 5.74) is 1.12. The van der Waals surface area contributed by atoms with Crippen LogP contribution >= 0.6 is 27.7 Å². The van der Waals surface area contributed by atoms with Gasteiger partial charge < -0.3 is 9.73 Å². The van der Waals surface area contributed by atoms with Crippen molar-refractivity contribution in [1.29, 1.82) is 0 Å². The highest BCUT2D eigenvalue weighted by molar-refractivity contribution is 9.10. The Kier molecular flexibility index (Phi) is 6.48. The average molecular weight is 461 g/mol. The summed E-state index contributed by atoms with van der Waals surface area (Å²) in [5, 5.41) is 11.7. The molecule has 2 heterocycles. The molecule has 1 aromatic carbocycles. The Bertz CT molecular complexity index is 1030. The van der Waals surface area contributed by atoms with Crippen molar-refractivity contribution in [1.82, 2.24) is 14.8 Å². The summed E-state index contributed by atoms with van der Waals surface area (Å²) in [6.45, 7) is 5.72. The highest BCUT2D eigenvalue weighted by Gasteiger charge is 2.17. The summed E-state index contributed by atoms with van der Waals surface area (Å²) >= 11 is 4.53. The van der Waals surface area contributed by atoms with Crippen molar-refractivity contribution in [2.24, 2.45) is 0 Å². The molecule has 0 atom stereocenters. The van der Waals surface area contributed by atoms with Crippen molar-refractivity contribution >= 4 is 45.1 Å². The van der Waals surface area contributed by atoms with Gasteiger partial charge in [-0.3, -0.25) is 14.2 Å². The summed E-state index contributed by atoms with van der Waals surface area (Å²) in [6.07, 6.45) is 1.72. The topological polar surface area (TPSA) is 90.0 Å². The summed E-state index contributed by atoms with van der Waals surface area (Å²) in [6, 6.07) is 10.4. The predicted molar refractivity (Wildman–Crippen MR) is 111 cm³/mol. The quantitative estimate of drug-likeness (QED) is 0.304. The Morgan fingerprint density at radius 1 is 1.32 bits per heavy atom. The maximum Gasteiger partial charge on any atom is 0.234 e. The minimum absolute atomic E-state index is 0.0555. The van der Waals surface area contributed by atoms with Crippen LogP contribution in [-0.4, -0.2) is 32.2 Å². The molecule has 1 N–H and O–H groups in total. The van der Waals surface area contributed by atoms with Crippen molar-refractivity contribution in [3.05, 3.63) is 59.3 Å². The summed E-state index contributed by atoms with van der Waals surface area (Å²) in [4.78, 5) is 23.8. The number of amides is 1. The molecular formula is C19H17BrN4O3S. The van der Waals surface area contributed by atoms with Crippen molar-refractivity contribution in [2.75, 3.05) is 11.1 Å². The zero-order chi connectivity index (χ0) is 20.1. The summed E-state index contributed by atoms with van der Waals surface area (Å²) < 4.78 is 7.97. The largest absolute Gasteiger partial charge is 0.446 e. The van der Waals surface area contributed by atoms with Crippen LogP contribution in [0.2, 0.25) is 0 Å². The molecule has 2 aromatic heterocycles. The molecule has 0 aliphatic heterocycles. The van der Waals surface area contributed by atoms with Gasteiger partial charge in [0, 0.05) is 17.8 Å². The summed E-state index contributed by atoms with van der Waals surface area (Å²) in [7, 11) is 0. The molecule has 0 aliphatic carbocycles. The normalized spacial score (nSPS) is 10.6. The van der Waals surface area contributed by atoms with E-state index in [9.17, 15) is 9.59 Å². The van der Waals surface area contributed by atoms with E-state index in [-0.39, 0.29) is 17.4 Å². The monoisotopic (exact) mass is 460 g/mol. The molecule has 0 unspecified atom stereocenters. The molecule has 0 bridgehead atoms. The van der Waals surface area contributed by atoms with Gasteiger partial charge in [0.05, 0.1) is 5.75 Å². The molecule has 28 heavy (non-hydrogen) atoms. The fraction of sp³-hybridized carbons (Fsp3) is 0.158. The number of furan rings is 1. The van der Waals surface area contributed by atoms with E-state index in [2.05, 4.69) is 38.0 Å². The van der Waals surface area contributed by atoms with Crippen LogP contribution in [0, 0.1) is 0 Å². The minimum Gasteiger partial charge on any atom is -0.446 e. The van der Waals surface area contributed by atoms with E-state index in [1.54, 1.807) is 42.5 Å². The maximum atomic E-state index is 12.3. The van der Waals surface area contributed by atoms with Gasteiger partial charge in [0.25, 0.3) is 0 Å². The van der Waals surface area contributed by atoms with Crippen molar-refractivity contribution in [2.45, 2.75) is 18.6 Å². The average Bonchev–Trinajstić information content (AvgIpc) is 3.26.